The molecule has 0 aromatic rings. The van der Waals surface area contributed by atoms with E-state index in [0.717, 1.165) is 44.9 Å². The average Bonchev–Trinajstić information content (AvgIpc) is 3.49. The minimum absolute atomic E-state index is 0.0407. The normalized spacial score (nSPS) is 57.5. The predicted molar refractivity (Wildman–Crippen MR) is 180 cm³/mol. The van der Waals surface area contributed by atoms with Gasteiger partial charge in [0.1, 0.15) is 48.3 Å². The molecule has 1 spiro atoms. The Kier molecular flexibility index (Phi) is 10.0. The van der Waals surface area contributed by atoms with Crippen LogP contribution in [-0.4, -0.2) is 146 Å². The van der Waals surface area contributed by atoms with E-state index in [0.29, 0.717) is 37.2 Å². The molecule has 7 fully saturated rings. The second-order valence-corrected chi connectivity index (χ2v) is 17.9. The van der Waals surface area contributed by atoms with Crippen LogP contribution in [0.4, 0.5) is 0 Å². The van der Waals surface area contributed by atoms with E-state index in [2.05, 4.69) is 26.8 Å². The molecule has 0 aromatic carbocycles. The van der Waals surface area contributed by atoms with Crippen molar-refractivity contribution in [1.29, 1.82) is 0 Å². The lowest BCUT2D eigenvalue weighted by atomic mass is 9.46. The zero-order valence-corrected chi connectivity index (χ0v) is 30.5. The lowest BCUT2D eigenvalue weighted by Gasteiger charge is -2.60. The number of aliphatic hydroxyl groups excluding tert-OH is 7. The van der Waals surface area contributed by atoms with Crippen LogP contribution in [0.25, 0.3) is 0 Å². The molecule has 3 saturated carbocycles. The second kappa shape index (κ2) is 13.7. The van der Waals surface area contributed by atoms with Crippen LogP contribution in [-0.2, 0) is 28.4 Å². The molecule has 0 aromatic heterocycles. The third-order valence-electron chi connectivity index (χ3n) is 15.6. The summed E-state index contributed by atoms with van der Waals surface area (Å²) >= 11 is 0. The molecule has 20 atom stereocenters. The maximum atomic E-state index is 12.7. The second-order valence-electron chi connectivity index (χ2n) is 17.9. The van der Waals surface area contributed by atoms with Crippen molar-refractivity contribution in [1.82, 2.24) is 0 Å². The SMILES string of the molecule is CC1C2(CCC(CO)CO2)OC2CC3C4CC=C5CC(OC6OC(COC7OCC(O)C(O)C7O)C(O)C(O)C6O)CCC5(C)C4CCC3(C)C21O. The third-order valence-corrected chi connectivity index (χ3v) is 15.6. The molecule has 4 heterocycles. The lowest BCUT2D eigenvalue weighted by Crippen LogP contribution is -2.61. The number of rotatable bonds is 6. The Labute approximate surface area is 305 Å². The van der Waals surface area contributed by atoms with Gasteiger partial charge in [-0.25, -0.2) is 0 Å². The van der Waals surface area contributed by atoms with E-state index >= 15 is 0 Å². The number of hydrogen-bond donors (Lipinski definition) is 8. The minimum Gasteiger partial charge on any atom is -0.396 e. The van der Waals surface area contributed by atoms with Crippen molar-refractivity contribution < 1.29 is 69.3 Å². The van der Waals surface area contributed by atoms with E-state index in [9.17, 15) is 40.9 Å². The standard InChI is InChI=1S/C38H60O14/c1-18-37(11-6-19(14-39)15-49-37)52-27-13-24-22-5-4-20-12-21(7-9-35(20,2)23(22)8-10-36(24,3)38(18,27)46)50-34-32(45)30(43)29(42)26(51-34)17-48-33-31(44)28(41)25(40)16-47-33/h4,18-19,21-34,39-46H,5-17H2,1-3H3. The zero-order valence-electron chi connectivity index (χ0n) is 30.5. The van der Waals surface area contributed by atoms with Crippen LogP contribution in [0.3, 0.4) is 0 Å². The topological polar surface area (TPSA) is 217 Å². The summed E-state index contributed by atoms with van der Waals surface area (Å²) in [5.74, 6) is 0.311. The van der Waals surface area contributed by atoms with Crippen LogP contribution in [0, 0.1) is 40.4 Å². The number of fused-ring (bicyclic) bond motifs is 7. The highest BCUT2D eigenvalue weighted by Gasteiger charge is 2.76. The summed E-state index contributed by atoms with van der Waals surface area (Å²) in [6, 6.07) is 0. The monoisotopic (exact) mass is 740 g/mol. The molecule has 8 rings (SSSR count). The van der Waals surface area contributed by atoms with Gasteiger partial charge in [-0.1, -0.05) is 32.4 Å². The van der Waals surface area contributed by atoms with Gasteiger partial charge in [-0.15, -0.1) is 0 Å². The Morgan fingerprint density at radius 2 is 1.63 bits per heavy atom. The number of hydrogen-bond acceptors (Lipinski definition) is 14. The van der Waals surface area contributed by atoms with E-state index < -0.39 is 66.7 Å². The maximum Gasteiger partial charge on any atom is 0.186 e. The van der Waals surface area contributed by atoms with Gasteiger partial charge in [0.25, 0.3) is 0 Å². The van der Waals surface area contributed by atoms with E-state index in [1.165, 1.54) is 5.57 Å². The summed E-state index contributed by atoms with van der Waals surface area (Å²) in [5, 5.41) is 84.5. The van der Waals surface area contributed by atoms with Crippen molar-refractivity contribution >= 4 is 0 Å². The van der Waals surface area contributed by atoms with Gasteiger partial charge in [-0.05, 0) is 74.5 Å². The average molecular weight is 741 g/mol. The minimum atomic E-state index is -1.57. The molecule has 0 radical (unpaired) electrons. The fraction of sp³-hybridized carbons (Fsp3) is 0.947. The molecule has 0 amide bonds. The smallest absolute Gasteiger partial charge is 0.186 e. The fourth-order valence-electron chi connectivity index (χ4n) is 12.2. The van der Waals surface area contributed by atoms with Crippen LogP contribution in [0.15, 0.2) is 11.6 Å². The van der Waals surface area contributed by atoms with Crippen molar-refractivity contribution in [3.63, 3.8) is 0 Å². The van der Waals surface area contributed by atoms with Crippen molar-refractivity contribution in [2.75, 3.05) is 26.4 Å². The van der Waals surface area contributed by atoms with Crippen molar-refractivity contribution in [2.24, 2.45) is 40.4 Å². The van der Waals surface area contributed by atoms with E-state index in [-0.39, 0.29) is 54.7 Å². The zero-order chi connectivity index (χ0) is 37.0. The quantitative estimate of drug-likeness (QED) is 0.170. The molecule has 0 bridgehead atoms. The molecule has 8 N–H and O–H groups in total. The van der Waals surface area contributed by atoms with Gasteiger partial charge in [0, 0.05) is 30.3 Å². The fourth-order valence-corrected chi connectivity index (χ4v) is 12.2. The summed E-state index contributed by atoms with van der Waals surface area (Å²) in [6.45, 7) is 6.74. The van der Waals surface area contributed by atoms with Crippen LogP contribution in [0.2, 0.25) is 0 Å². The van der Waals surface area contributed by atoms with Crippen LogP contribution < -0.4 is 0 Å². The highest BCUT2D eigenvalue weighted by atomic mass is 16.7. The summed E-state index contributed by atoms with van der Waals surface area (Å²) in [5.41, 5.74) is 0.00245. The predicted octanol–water partition coefficient (Wildman–Crippen LogP) is 0.0887. The summed E-state index contributed by atoms with van der Waals surface area (Å²) < 4.78 is 36.2. The summed E-state index contributed by atoms with van der Waals surface area (Å²) in [4.78, 5) is 0. The third kappa shape index (κ3) is 5.65. The molecule has 4 aliphatic heterocycles. The Balaban J connectivity index is 0.919. The summed E-state index contributed by atoms with van der Waals surface area (Å²) in [6.07, 6.45) is -3.25. The Morgan fingerprint density at radius 3 is 2.37 bits per heavy atom. The van der Waals surface area contributed by atoms with Gasteiger partial charge >= 0.3 is 0 Å². The number of aliphatic hydroxyl groups is 8. The first-order valence-electron chi connectivity index (χ1n) is 19.6. The Bertz CT molecular complexity index is 1340. The Morgan fingerprint density at radius 1 is 0.865 bits per heavy atom. The lowest BCUT2D eigenvalue weighted by molar-refractivity contribution is -0.328. The van der Waals surface area contributed by atoms with E-state index in [1.54, 1.807) is 0 Å². The molecular weight excluding hydrogens is 680 g/mol. The molecule has 52 heavy (non-hydrogen) atoms. The molecular formula is C38H60O14. The molecule has 4 saturated heterocycles. The highest BCUT2D eigenvalue weighted by molar-refractivity contribution is 5.29. The van der Waals surface area contributed by atoms with Crippen molar-refractivity contribution in [3.8, 4) is 0 Å². The first kappa shape index (κ1) is 38.1. The first-order chi connectivity index (χ1) is 24.7. The first-order valence-corrected chi connectivity index (χ1v) is 19.6. The van der Waals surface area contributed by atoms with Gasteiger partial charge in [0.05, 0.1) is 32.0 Å². The van der Waals surface area contributed by atoms with Crippen LogP contribution in [0.1, 0.15) is 78.6 Å². The van der Waals surface area contributed by atoms with E-state index in [1.807, 2.05) is 0 Å². The highest BCUT2D eigenvalue weighted by Crippen LogP contribution is 2.72. The largest absolute Gasteiger partial charge is 0.396 e. The van der Waals surface area contributed by atoms with Crippen LogP contribution >= 0.6 is 0 Å². The van der Waals surface area contributed by atoms with Gasteiger partial charge < -0.3 is 69.3 Å². The summed E-state index contributed by atoms with van der Waals surface area (Å²) in [7, 11) is 0. The van der Waals surface area contributed by atoms with Crippen LogP contribution in [0.5, 0.6) is 0 Å². The Hall–Kier alpha value is -0.820. The van der Waals surface area contributed by atoms with Gasteiger partial charge in [-0.2, -0.15) is 0 Å². The van der Waals surface area contributed by atoms with Gasteiger partial charge in [-0.3, -0.25) is 0 Å². The van der Waals surface area contributed by atoms with E-state index in [4.69, 9.17) is 28.4 Å². The molecule has 4 aliphatic carbocycles. The molecule has 20 unspecified atom stereocenters. The number of ether oxygens (including phenoxy) is 6. The van der Waals surface area contributed by atoms with Gasteiger partial charge in [0.2, 0.25) is 0 Å². The van der Waals surface area contributed by atoms with Gasteiger partial charge in [0.15, 0.2) is 18.4 Å². The molecule has 296 valence electrons. The number of allylic oxidation sites excluding steroid dienone is 1. The molecule has 8 aliphatic rings. The molecule has 14 nitrogen and oxygen atoms in total. The van der Waals surface area contributed by atoms with Crippen molar-refractivity contribution in [2.45, 2.75) is 157 Å². The van der Waals surface area contributed by atoms with Crippen molar-refractivity contribution in [3.05, 3.63) is 11.6 Å². The maximum absolute atomic E-state index is 12.7. The molecule has 14 heteroatoms.